The number of hydrogen-bond donors (Lipinski definition) is 2. The number of nitrogens with one attached hydrogen (secondary N) is 2. The first kappa shape index (κ1) is 9.36. The number of H-pyrrole nitrogens is 1. The Labute approximate surface area is 82.2 Å². The van der Waals surface area contributed by atoms with Gasteiger partial charge in [-0.2, -0.15) is 0 Å². The third-order valence-corrected chi connectivity index (χ3v) is 2.31. The van der Waals surface area contributed by atoms with Crippen LogP contribution >= 0.6 is 0 Å². The summed E-state index contributed by atoms with van der Waals surface area (Å²) in [4.78, 5) is 20.1. The molecule has 0 saturated carbocycles. The first-order valence-corrected chi connectivity index (χ1v) is 4.82. The van der Waals surface area contributed by atoms with Gasteiger partial charge in [-0.25, -0.2) is 4.98 Å². The molecule has 0 radical (unpaired) electrons. The van der Waals surface area contributed by atoms with Crippen LogP contribution < -0.4 is 10.9 Å². The molecule has 5 nitrogen and oxygen atoms in total. The molecule has 5 heteroatoms. The number of hydrogen-bond acceptors (Lipinski definition) is 4. The fourth-order valence-electron chi connectivity index (χ4n) is 1.57. The first-order chi connectivity index (χ1) is 6.84. The van der Waals surface area contributed by atoms with Gasteiger partial charge >= 0.3 is 0 Å². The van der Waals surface area contributed by atoms with E-state index in [1.165, 1.54) is 6.07 Å². The van der Waals surface area contributed by atoms with Crippen LogP contribution in [0.4, 0.5) is 0 Å². The van der Waals surface area contributed by atoms with Gasteiger partial charge in [-0.1, -0.05) is 0 Å². The molecule has 0 unspecified atom stereocenters. The molecule has 0 bridgehead atoms. The zero-order chi connectivity index (χ0) is 9.80. The predicted octanol–water partition coefficient (Wildman–Crippen LogP) is -0.825. The van der Waals surface area contributed by atoms with E-state index in [1.54, 1.807) is 6.20 Å². The van der Waals surface area contributed by atoms with E-state index in [0.717, 1.165) is 38.5 Å². The van der Waals surface area contributed by atoms with Gasteiger partial charge in [0.1, 0.15) is 5.82 Å². The van der Waals surface area contributed by atoms with Crippen molar-refractivity contribution in [3.8, 4) is 0 Å². The van der Waals surface area contributed by atoms with Crippen LogP contribution in [0, 0.1) is 0 Å². The molecule has 14 heavy (non-hydrogen) atoms. The highest BCUT2D eigenvalue weighted by atomic mass is 16.1. The summed E-state index contributed by atoms with van der Waals surface area (Å²) in [5, 5.41) is 3.28. The van der Waals surface area contributed by atoms with Crippen molar-refractivity contribution in [3.05, 3.63) is 28.4 Å². The minimum atomic E-state index is -0.0786. The van der Waals surface area contributed by atoms with E-state index in [1.807, 2.05) is 0 Å². The fourth-order valence-corrected chi connectivity index (χ4v) is 1.57. The number of piperazine rings is 1. The minimum absolute atomic E-state index is 0.0786. The van der Waals surface area contributed by atoms with Crippen molar-refractivity contribution in [1.82, 2.24) is 20.2 Å². The van der Waals surface area contributed by atoms with Gasteiger partial charge in [0.2, 0.25) is 0 Å². The van der Waals surface area contributed by atoms with Crippen molar-refractivity contribution in [3.63, 3.8) is 0 Å². The summed E-state index contributed by atoms with van der Waals surface area (Å²) in [7, 11) is 0. The average molecular weight is 194 g/mol. The van der Waals surface area contributed by atoms with Gasteiger partial charge in [-0.05, 0) is 0 Å². The van der Waals surface area contributed by atoms with Crippen molar-refractivity contribution in [1.29, 1.82) is 0 Å². The van der Waals surface area contributed by atoms with E-state index in [4.69, 9.17) is 0 Å². The summed E-state index contributed by atoms with van der Waals surface area (Å²) in [6, 6.07) is 1.43. The van der Waals surface area contributed by atoms with E-state index < -0.39 is 0 Å². The molecule has 1 aliphatic rings. The van der Waals surface area contributed by atoms with Crippen LogP contribution in [0.25, 0.3) is 0 Å². The lowest BCUT2D eigenvalue weighted by molar-refractivity contribution is 0.228. The van der Waals surface area contributed by atoms with E-state index in [9.17, 15) is 4.79 Å². The molecule has 76 valence electrons. The summed E-state index contributed by atoms with van der Waals surface area (Å²) in [5.74, 6) is 0.749. The second kappa shape index (κ2) is 4.34. The minimum Gasteiger partial charge on any atom is -0.314 e. The average Bonchev–Trinajstić information content (AvgIpc) is 2.19. The van der Waals surface area contributed by atoms with E-state index >= 15 is 0 Å². The molecule has 1 aromatic heterocycles. The summed E-state index contributed by atoms with van der Waals surface area (Å²) >= 11 is 0. The van der Waals surface area contributed by atoms with Crippen molar-refractivity contribution < 1.29 is 0 Å². The monoisotopic (exact) mass is 194 g/mol. The smallest absolute Gasteiger partial charge is 0.250 e. The Morgan fingerprint density at radius 3 is 2.93 bits per heavy atom. The zero-order valence-corrected chi connectivity index (χ0v) is 7.99. The van der Waals surface area contributed by atoms with Gasteiger partial charge in [0.25, 0.3) is 5.56 Å². The first-order valence-electron chi connectivity index (χ1n) is 4.82. The van der Waals surface area contributed by atoms with Crippen LogP contribution in [0.5, 0.6) is 0 Å². The maximum atomic E-state index is 11.0. The number of aromatic amines is 1. The predicted molar refractivity (Wildman–Crippen MR) is 53.0 cm³/mol. The Balaban J connectivity index is 1.99. The van der Waals surface area contributed by atoms with Gasteiger partial charge in [0.15, 0.2) is 0 Å². The van der Waals surface area contributed by atoms with Crippen LogP contribution in [0.15, 0.2) is 17.1 Å². The fraction of sp³-hybridized carbons (Fsp3) is 0.556. The van der Waals surface area contributed by atoms with E-state index in [-0.39, 0.29) is 5.56 Å². The topological polar surface area (TPSA) is 61.0 Å². The Morgan fingerprint density at radius 2 is 2.21 bits per heavy atom. The highest BCUT2D eigenvalue weighted by molar-refractivity contribution is 4.89. The molecule has 2 N–H and O–H groups in total. The molecule has 1 aliphatic heterocycles. The molecule has 0 aromatic carbocycles. The summed E-state index contributed by atoms with van der Waals surface area (Å²) in [6.45, 7) is 4.78. The number of rotatable bonds is 2. The van der Waals surface area contributed by atoms with E-state index in [0.29, 0.717) is 0 Å². The van der Waals surface area contributed by atoms with Gasteiger partial charge < -0.3 is 10.3 Å². The highest BCUT2D eigenvalue weighted by Crippen LogP contribution is 1.97. The third kappa shape index (κ3) is 2.40. The number of nitrogens with zero attached hydrogens (tertiary/aromatic N) is 2. The molecule has 1 aromatic rings. The van der Waals surface area contributed by atoms with Gasteiger partial charge in [-0.3, -0.25) is 9.69 Å². The second-order valence-corrected chi connectivity index (χ2v) is 3.41. The van der Waals surface area contributed by atoms with Crippen LogP contribution in [0.2, 0.25) is 0 Å². The quantitative estimate of drug-likeness (QED) is 0.645. The molecular weight excluding hydrogens is 180 g/mol. The molecule has 2 heterocycles. The van der Waals surface area contributed by atoms with Crippen molar-refractivity contribution in [2.24, 2.45) is 0 Å². The molecule has 0 atom stereocenters. The van der Waals surface area contributed by atoms with Crippen LogP contribution in [-0.4, -0.2) is 41.0 Å². The second-order valence-electron chi connectivity index (χ2n) is 3.41. The molecule has 0 spiro atoms. The van der Waals surface area contributed by atoms with Crippen LogP contribution in [0.1, 0.15) is 5.82 Å². The van der Waals surface area contributed by atoms with Crippen LogP contribution in [0.3, 0.4) is 0 Å². The maximum absolute atomic E-state index is 11.0. The summed E-state index contributed by atoms with van der Waals surface area (Å²) < 4.78 is 0. The third-order valence-electron chi connectivity index (χ3n) is 2.31. The Kier molecular flexibility index (Phi) is 2.90. The van der Waals surface area contributed by atoms with Gasteiger partial charge in [-0.15, -0.1) is 0 Å². The SMILES string of the molecule is O=c1ccnc(CN2CCNCC2)[nH]1. The molecule has 1 fully saturated rings. The molecule has 2 rings (SSSR count). The van der Waals surface area contributed by atoms with Crippen molar-refractivity contribution in [2.45, 2.75) is 6.54 Å². The largest absolute Gasteiger partial charge is 0.314 e. The maximum Gasteiger partial charge on any atom is 0.250 e. The van der Waals surface area contributed by atoms with Gasteiger partial charge in [0, 0.05) is 38.4 Å². The Bertz CT molecular complexity index is 343. The Morgan fingerprint density at radius 1 is 1.43 bits per heavy atom. The molecule has 1 saturated heterocycles. The van der Waals surface area contributed by atoms with Crippen LogP contribution in [-0.2, 0) is 6.54 Å². The van der Waals surface area contributed by atoms with Crippen molar-refractivity contribution >= 4 is 0 Å². The molecular formula is C9H14N4O. The molecule has 0 aliphatic carbocycles. The summed E-state index contributed by atoms with van der Waals surface area (Å²) in [5.41, 5.74) is -0.0786. The van der Waals surface area contributed by atoms with E-state index in [2.05, 4.69) is 20.2 Å². The number of aromatic nitrogens is 2. The zero-order valence-electron chi connectivity index (χ0n) is 7.99. The lowest BCUT2D eigenvalue weighted by atomic mass is 10.3. The normalized spacial score (nSPS) is 18.3. The molecule has 0 amide bonds. The highest BCUT2D eigenvalue weighted by Gasteiger charge is 2.10. The van der Waals surface area contributed by atoms with Crippen molar-refractivity contribution in [2.75, 3.05) is 26.2 Å². The lowest BCUT2D eigenvalue weighted by Crippen LogP contribution is -2.43. The Hall–Kier alpha value is -1.20. The van der Waals surface area contributed by atoms with Gasteiger partial charge in [0.05, 0.1) is 6.54 Å². The lowest BCUT2D eigenvalue weighted by Gasteiger charge is -2.26. The summed E-state index contributed by atoms with van der Waals surface area (Å²) in [6.07, 6.45) is 1.55. The standard InChI is InChI=1S/C9H14N4O/c14-9-1-2-11-8(12-9)7-13-5-3-10-4-6-13/h1-2,10H,3-7H2,(H,11,12,14).